The van der Waals surface area contributed by atoms with E-state index in [2.05, 4.69) is 10.6 Å². The summed E-state index contributed by atoms with van der Waals surface area (Å²) in [6, 6.07) is -2.76. The highest BCUT2D eigenvalue weighted by Crippen LogP contribution is 1.98. The predicted octanol–water partition coefficient (Wildman–Crippen LogP) is -1.56. The molecular weight excluding hydrogens is 290 g/mol. The van der Waals surface area contributed by atoms with Crippen molar-refractivity contribution < 1.29 is 27.9 Å². The summed E-state index contributed by atoms with van der Waals surface area (Å²) in [7, 11) is -3.26. The Morgan fingerprint density at radius 2 is 1.80 bits per heavy atom. The summed E-state index contributed by atoms with van der Waals surface area (Å²) in [5.74, 6) is -2.25. The summed E-state index contributed by atoms with van der Waals surface area (Å²) in [6.07, 6.45) is 0.699. The van der Waals surface area contributed by atoms with Gasteiger partial charge in [0, 0.05) is 18.7 Å². The average Bonchev–Trinajstić information content (AvgIpc) is 2.20. The van der Waals surface area contributed by atoms with E-state index in [1.54, 1.807) is 0 Å². The number of carboxylic acid groups (broad SMARTS) is 1. The second kappa shape index (κ2) is 7.68. The fourth-order valence-electron chi connectivity index (χ4n) is 1.46. The lowest BCUT2D eigenvalue weighted by molar-refractivity contribution is -0.139. The Morgan fingerprint density at radius 1 is 1.25 bits per heavy atom. The van der Waals surface area contributed by atoms with Gasteiger partial charge in [0.25, 0.3) is 0 Å². The van der Waals surface area contributed by atoms with Crippen LogP contribution in [0.5, 0.6) is 0 Å². The quantitative estimate of drug-likeness (QED) is 0.425. The zero-order valence-electron chi connectivity index (χ0n) is 11.3. The lowest BCUT2D eigenvalue weighted by Crippen LogP contribution is -2.49. The van der Waals surface area contributed by atoms with E-state index in [4.69, 9.17) is 10.8 Å². The van der Waals surface area contributed by atoms with Crippen LogP contribution in [0.3, 0.4) is 0 Å². The van der Waals surface area contributed by atoms with Gasteiger partial charge in [-0.2, -0.15) is 0 Å². The van der Waals surface area contributed by atoms with Crippen LogP contribution >= 0.6 is 0 Å². The normalized spacial score (nSPS) is 14.1. The molecule has 2 unspecified atom stereocenters. The maximum atomic E-state index is 11.5. The van der Waals surface area contributed by atoms with Gasteiger partial charge in [0.1, 0.15) is 15.9 Å². The standard InChI is InChI=1S/C10H19N3O6S/c1-6(5-20(2,18)19)12-10(17)13-7(9(15)16)3-4-8(11)14/h6-7H,3-5H2,1-2H3,(H2,11,14)(H,15,16)(H2,12,13,17). The minimum atomic E-state index is -3.26. The third-order valence-corrected chi connectivity index (χ3v) is 3.32. The summed E-state index contributed by atoms with van der Waals surface area (Å²) in [5.41, 5.74) is 4.89. The Labute approximate surface area is 116 Å². The molecule has 0 heterocycles. The highest BCUT2D eigenvalue weighted by molar-refractivity contribution is 7.90. The summed E-state index contributed by atoms with van der Waals surface area (Å²) in [5, 5.41) is 13.3. The lowest BCUT2D eigenvalue weighted by atomic mass is 10.1. The Bertz CT molecular complexity index is 475. The van der Waals surface area contributed by atoms with Crippen molar-refractivity contribution >= 4 is 27.7 Å². The van der Waals surface area contributed by atoms with Crippen LogP contribution in [-0.4, -0.2) is 55.5 Å². The molecule has 0 saturated heterocycles. The number of carbonyl (C=O) groups is 3. The number of nitrogens with two attached hydrogens (primary N) is 1. The van der Waals surface area contributed by atoms with E-state index in [1.807, 2.05) is 0 Å². The molecule has 0 saturated carbocycles. The van der Waals surface area contributed by atoms with Crippen LogP contribution in [0, 0.1) is 0 Å². The minimum Gasteiger partial charge on any atom is -0.480 e. The van der Waals surface area contributed by atoms with Gasteiger partial charge in [-0.15, -0.1) is 0 Å². The van der Waals surface area contributed by atoms with Crippen molar-refractivity contribution in [2.75, 3.05) is 12.0 Å². The van der Waals surface area contributed by atoms with Crippen molar-refractivity contribution in [3.63, 3.8) is 0 Å². The first-order chi connectivity index (χ1) is 9.01. The molecule has 10 heteroatoms. The molecule has 0 fully saturated rings. The van der Waals surface area contributed by atoms with E-state index >= 15 is 0 Å². The first kappa shape index (κ1) is 18.2. The monoisotopic (exact) mass is 309 g/mol. The molecule has 3 amide bonds. The summed E-state index contributed by atoms with van der Waals surface area (Å²) in [4.78, 5) is 33.0. The fourth-order valence-corrected chi connectivity index (χ4v) is 2.46. The molecule has 5 N–H and O–H groups in total. The molecule has 116 valence electrons. The second-order valence-corrected chi connectivity index (χ2v) is 6.69. The Morgan fingerprint density at radius 3 is 2.20 bits per heavy atom. The van der Waals surface area contributed by atoms with E-state index in [0.29, 0.717) is 0 Å². The molecule has 9 nitrogen and oxygen atoms in total. The molecule has 0 aromatic heterocycles. The minimum absolute atomic E-state index is 0.140. The van der Waals surface area contributed by atoms with Crippen molar-refractivity contribution in [3.8, 4) is 0 Å². The number of primary amides is 1. The van der Waals surface area contributed by atoms with Crippen molar-refractivity contribution in [1.29, 1.82) is 0 Å². The number of urea groups is 1. The SMILES string of the molecule is CC(CS(C)(=O)=O)NC(=O)NC(CCC(N)=O)C(=O)O. The Hall–Kier alpha value is -1.84. The number of amides is 3. The van der Waals surface area contributed by atoms with Crippen LogP contribution in [0.25, 0.3) is 0 Å². The van der Waals surface area contributed by atoms with Gasteiger partial charge in [-0.3, -0.25) is 4.79 Å². The molecule has 0 aliphatic carbocycles. The van der Waals surface area contributed by atoms with E-state index in [0.717, 1.165) is 6.26 Å². The molecule has 0 bridgehead atoms. The van der Waals surface area contributed by atoms with Crippen LogP contribution in [-0.2, 0) is 19.4 Å². The zero-order chi connectivity index (χ0) is 15.9. The van der Waals surface area contributed by atoms with E-state index < -0.39 is 39.8 Å². The topological polar surface area (TPSA) is 156 Å². The molecule has 0 aliphatic heterocycles. The van der Waals surface area contributed by atoms with Gasteiger partial charge < -0.3 is 21.5 Å². The molecule has 0 aliphatic rings. The summed E-state index contributed by atoms with van der Waals surface area (Å²) < 4.78 is 22.0. The van der Waals surface area contributed by atoms with E-state index in [-0.39, 0.29) is 18.6 Å². The number of nitrogens with one attached hydrogen (secondary N) is 2. The fraction of sp³-hybridized carbons (Fsp3) is 0.700. The lowest BCUT2D eigenvalue weighted by Gasteiger charge is -2.17. The molecule has 0 radical (unpaired) electrons. The molecule has 0 spiro atoms. The van der Waals surface area contributed by atoms with Crippen LogP contribution in [0.15, 0.2) is 0 Å². The molecular formula is C10H19N3O6S. The number of hydrogen-bond acceptors (Lipinski definition) is 5. The molecule has 2 atom stereocenters. The van der Waals surface area contributed by atoms with Crippen LogP contribution in [0.4, 0.5) is 4.79 Å². The Balaban J connectivity index is 4.39. The van der Waals surface area contributed by atoms with Gasteiger partial charge in [-0.05, 0) is 13.3 Å². The first-order valence-corrected chi connectivity index (χ1v) is 7.83. The van der Waals surface area contributed by atoms with Crippen LogP contribution in [0.2, 0.25) is 0 Å². The molecule has 0 aromatic carbocycles. The van der Waals surface area contributed by atoms with Gasteiger partial charge in [0.2, 0.25) is 5.91 Å². The predicted molar refractivity (Wildman–Crippen MR) is 70.7 cm³/mol. The van der Waals surface area contributed by atoms with Gasteiger partial charge >= 0.3 is 12.0 Å². The number of sulfone groups is 1. The highest BCUT2D eigenvalue weighted by Gasteiger charge is 2.21. The van der Waals surface area contributed by atoms with Crippen LogP contribution < -0.4 is 16.4 Å². The molecule has 0 aromatic rings. The van der Waals surface area contributed by atoms with Gasteiger partial charge in [-0.1, -0.05) is 0 Å². The number of hydrogen-bond donors (Lipinski definition) is 4. The number of carbonyl (C=O) groups excluding carboxylic acids is 2. The highest BCUT2D eigenvalue weighted by atomic mass is 32.2. The third kappa shape index (κ3) is 9.14. The van der Waals surface area contributed by atoms with Crippen molar-refractivity contribution in [3.05, 3.63) is 0 Å². The smallest absolute Gasteiger partial charge is 0.326 e. The van der Waals surface area contributed by atoms with Crippen molar-refractivity contribution in [2.45, 2.75) is 31.8 Å². The molecule has 20 heavy (non-hydrogen) atoms. The van der Waals surface area contributed by atoms with Crippen LogP contribution in [0.1, 0.15) is 19.8 Å². The maximum Gasteiger partial charge on any atom is 0.326 e. The maximum absolute atomic E-state index is 11.5. The number of rotatable bonds is 8. The average molecular weight is 309 g/mol. The first-order valence-electron chi connectivity index (χ1n) is 5.77. The Kier molecular flexibility index (Phi) is 6.97. The number of carboxylic acids is 1. The zero-order valence-corrected chi connectivity index (χ0v) is 12.1. The van der Waals surface area contributed by atoms with Crippen molar-refractivity contribution in [1.82, 2.24) is 10.6 Å². The van der Waals surface area contributed by atoms with Gasteiger partial charge in [0.05, 0.1) is 5.75 Å². The van der Waals surface area contributed by atoms with E-state index in [9.17, 15) is 22.8 Å². The molecule has 0 rings (SSSR count). The van der Waals surface area contributed by atoms with E-state index in [1.165, 1.54) is 6.92 Å². The van der Waals surface area contributed by atoms with Gasteiger partial charge in [0.15, 0.2) is 0 Å². The number of aliphatic carboxylic acids is 1. The summed E-state index contributed by atoms with van der Waals surface area (Å²) >= 11 is 0. The second-order valence-electron chi connectivity index (χ2n) is 4.51. The van der Waals surface area contributed by atoms with Gasteiger partial charge in [-0.25, -0.2) is 18.0 Å². The summed E-state index contributed by atoms with van der Waals surface area (Å²) in [6.45, 7) is 1.47. The van der Waals surface area contributed by atoms with Crippen molar-refractivity contribution in [2.24, 2.45) is 5.73 Å². The third-order valence-electron chi connectivity index (χ3n) is 2.21. The largest absolute Gasteiger partial charge is 0.480 e.